The van der Waals surface area contributed by atoms with Crippen LogP contribution in [0.15, 0.2) is 24.8 Å². The molecule has 0 bridgehead atoms. The minimum absolute atomic E-state index is 0.146. The van der Waals surface area contributed by atoms with Gasteiger partial charge < -0.3 is 10.2 Å². The zero-order chi connectivity index (χ0) is 8.57. The van der Waals surface area contributed by atoms with Gasteiger partial charge in [-0.15, -0.1) is 0 Å². The summed E-state index contributed by atoms with van der Waals surface area (Å²) < 4.78 is 22.0. The number of carbonyl (C=O) groups is 1. The van der Waals surface area contributed by atoms with E-state index in [-0.39, 0.29) is 6.33 Å². The number of carboxylic acid groups (broad SMARTS) is 2. The molecule has 0 spiro atoms. The lowest BCUT2D eigenvalue weighted by molar-refractivity contribution is 0.137. The van der Waals surface area contributed by atoms with Crippen molar-refractivity contribution in [2.45, 2.75) is 0 Å². The molecule has 58 valence electrons. The molecule has 10 heavy (non-hydrogen) atoms. The van der Waals surface area contributed by atoms with Gasteiger partial charge in [0, 0.05) is 0 Å². The average molecular weight is 152 g/mol. The fourth-order valence-corrected chi connectivity index (χ4v) is 0.0445. The maximum atomic E-state index is 11.2. The molecule has 0 saturated heterocycles. The topological polar surface area (TPSA) is 57.5 Å². The van der Waals surface area contributed by atoms with Crippen LogP contribution in [0.5, 0.6) is 0 Å². The maximum absolute atomic E-state index is 11.2. The first-order valence-corrected chi connectivity index (χ1v) is 2.04. The van der Waals surface area contributed by atoms with E-state index < -0.39 is 12.0 Å². The summed E-state index contributed by atoms with van der Waals surface area (Å²) in [6, 6.07) is 0. The van der Waals surface area contributed by atoms with Crippen molar-refractivity contribution < 1.29 is 23.8 Å². The van der Waals surface area contributed by atoms with E-state index >= 15 is 0 Å². The van der Waals surface area contributed by atoms with Crippen LogP contribution in [0.2, 0.25) is 0 Å². The van der Waals surface area contributed by atoms with Crippen molar-refractivity contribution in [1.29, 1.82) is 0 Å². The quantitative estimate of drug-likeness (QED) is 0.566. The Hall–Kier alpha value is -1.39. The second kappa shape index (κ2) is 7.61. The Morgan fingerprint density at radius 2 is 1.80 bits per heavy atom. The number of hydrogen-bond acceptors (Lipinski definition) is 1. The Bertz CT molecular complexity index is 138. The normalized spacial score (nSPS) is 9.20. The largest absolute Gasteiger partial charge is 0.503 e. The van der Waals surface area contributed by atoms with Gasteiger partial charge in [-0.1, -0.05) is 6.58 Å². The van der Waals surface area contributed by atoms with E-state index in [0.29, 0.717) is 0 Å². The van der Waals surface area contributed by atoms with Crippen LogP contribution in [0.1, 0.15) is 0 Å². The van der Waals surface area contributed by atoms with Crippen LogP contribution < -0.4 is 0 Å². The van der Waals surface area contributed by atoms with E-state index in [1.807, 2.05) is 0 Å². The molecule has 0 fully saturated rings. The molecule has 0 radical (unpaired) electrons. The van der Waals surface area contributed by atoms with E-state index in [1.54, 1.807) is 0 Å². The Morgan fingerprint density at radius 3 is 1.80 bits per heavy atom. The van der Waals surface area contributed by atoms with Gasteiger partial charge in [0.05, 0.1) is 0 Å². The summed E-state index contributed by atoms with van der Waals surface area (Å²) in [6.07, 6.45) is -1.19. The zero-order valence-electron chi connectivity index (χ0n) is 4.92. The fourth-order valence-electron chi connectivity index (χ4n) is 0.0445. The van der Waals surface area contributed by atoms with E-state index in [4.69, 9.17) is 15.0 Å². The van der Waals surface area contributed by atoms with Gasteiger partial charge in [0.25, 0.3) is 0 Å². The van der Waals surface area contributed by atoms with E-state index in [0.717, 1.165) is 6.08 Å². The number of allylic oxidation sites excluding steroid dienone is 2. The summed E-state index contributed by atoms with van der Waals surface area (Å²) in [4.78, 5) is 8.56. The summed E-state index contributed by atoms with van der Waals surface area (Å²) >= 11 is 0. The van der Waals surface area contributed by atoms with Gasteiger partial charge in [0.15, 0.2) is 5.83 Å². The summed E-state index contributed by atoms with van der Waals surface area (Å²) in [5.41, 5.74) is 0. The first kappa shape index (κ1) is 11.4. The molecular weight excluding hydrogens is 146 g/mol. The van der Waals surface area contributed by atoms with Crippen LogP contribution in [-0.2, 0) is 0 Å². The molecule has 0 aliphatic heterocycles. The zero-order valence-corrected chi connectivity index (χ0v) is 4.92. The average Bonchev–Trinajstić information content (AvgIpc) is 1.85. The van der Waals surface area contributed by atoms with Crippen molar-refractivity contribution in [3.05, 3.63) is 24.8 Å². The molecule has 0 aromatic rings. The third-order valence-electron chi connectivity index (χ3n) is 0.299. The van der Waals surface area contributed by atoms with Crippen LogP contribution in [0.4, 0.5) is 13.6 Å². The lowest BCUT2D eigenvalue weighted by Gasteiger charge is -1.70. The van der Waals surface area contributed by atoms with Gasteiger partial charge in [-0.3, -0.25) is 0 Å². The highest BCUT2D eigenvalue weighted by atomic mass is 19.2. The number of hydrogen-bond donors (Lipinski definition) is 2. The van der Waals surface area contributed by atoms with Crippen molar-refractivity contribution in [2.75, 3.05) is 0 Å². The van der Waals surface area contributed by atoms with E-state index in [1.165, 1.54) is 0 Å². The summed E-state index contributed by atoms with van der Waals surface area (Å²) in [5, 5.41) is 13.9. The lowest BCUT2D eigenvalue weighted by Crippen LogP contribution is -1.81. The van der Waals surface area contributed by atoms with Crippen molar-refractivity contribution in [1.82, 2.24) is 0 Å². The molecule has 0 aromatic heterocycles. The number of halogens is 2. The van der Waals surface area contributed by atoms with Gasteiger partial charge in [-0.05, 0) is 6.08 Å². The monoisotopic (exact) mass is 152 g/mol. The molecule has 2 N–H and O–H groups in total. The van der Waals surface area contributed by atoms with E-state index in [2.05, 4.69) is 6.58 Å². The van der Waals surface area contributed by atoms with Gasteiger partial charge in [-0.25, -0.2) is 13.6 Å². The van der Waals surface area contributed by atoms with Crippen LogP contribution in [0.25, 0.3) is 0 Å². The number of rotatable bonds is 1. The molecule has 0 amide bonds. The Balaban J connectivity index is 0. The molecule has 3 nitrogen and oxygen atoms in total. The molecule has 0 heterocycles. The Morgan fingerprint density at radius 1 is 1.50 bits per heavy atom. The predicted molar refractivity (Wildman–Crippen MR) is 31.1 cm³/mol. The molecule has 0 rings (SSSR count). The second-order valence-electron chi connectivity index (χ2n) is 0.981. The Kier molecular flexibility index (Phi) is 8.68. The second-order valence-corrected chi connectivity index (χ2v) is 0.981. The molecule has 0 saturated carbocycles. The van der Waals surface area contributed by atoms with Gasteiger partial charge in [0.1, 0.15) is 6.33 Å². The first-order valence-electron chi connectivity index (χ1n) is 2.04. The summed E-state index contributed by atoms with van der Waals surface area (Å²) in [6.45, 7) is 2.95. The summed E-state index contributed by atoms with van der Waals surface area (Å²) in [5.74, 6) is -0.935. The minimum atomic E-state index is -1.83. The molecule has 0 aliphatic rings. The Labute approximate surface area is 55.9 Å². The third-order valence-corrected chi connectivity index (χ3v) is 0.299. The van der Waals surface area contributed by atoms with Gasteiger partial charge in [-0.2, -0.15) is 0 Å². The molecule has 0 atom stereocenters. The highest BCUT2D eigenvalue weighted by molar-refractivity contribution is 5.53. The predicted octanol–water partition coefficient (Wildman–Crippen LogP) is 2.18. The van der Waals surface area contributed by atoms with Crippen LogP contribution in [-0.4, -0.2) is 16.4 Å². The maximum Gasteiger partial charge on any atom is 0.503 e. The standard InChI is InChI=1S/C4H4F2.CH2O3/c1-2-4(6)3-5;2-1(3)4/h2-3H,1H2;(H2,2,3,4). The highest BCUT2D eigenvalue weighted by Crippen LogP contribution is 1.93. The molecule has 0 aliphatic carbocycles. The van der Waals surface area contributed by atoms with Crippen LogP contribution in [0, 0.1) is 0 Å². The van der Waals surface area contributed by atoms with Crippen molar-refractivity contribution in [2.24, 2.45) is 0 Å². The van der Waals surface area contributed by atoms with E-state index in [9.17, 15) is 8.78 Å². The van der Waals surface area contributed by atoms with Crippen molar-refractivity contribution in [3.8, 4) is 0 Å². The minimum Gasteiger partial charge on any atom is -0.450 e. The molecule has 0 aromatic carbocycles. The smallest absolute Gasteiger partial charge is 0.450 e. The highest BCUT2D eigenvalue weighted by Gasteiger charge is 1.76. The SMILES string of the molecule is C=CC(F)=CF.O=C(O)O. The molecule has 0 unspecified atom stereocenters. The van der Waals surface area contributed by atoms with Crippen molar-refractivity contribution >= 4 is 6.16 Å². The van der Waals surface area contributed by atoms with Gasteiger partial charge >= 0.3 is 6.16 Å². The molecular formula is C5H6F2O3. The van der Waals surface area contributed by atoms with Crippen LogP contribution in [0.3, 0.4) is 0 Å². The lowest BCUT2D eigenvalue weighted by atomic mass is 10.6. The molecule has 5 heteroatoms. The van der Waals surface area contributed by atoms with Gasteiger partial charge in [0.2, 0.25) is 0 Å². The third kappa shape index (κ3) is 30.5. The van der Waals surface area contributed by atoms with Crippen LogP contribution >= 0.6 is 0 Å². The first-order chi connectivity index (χ1) is 4.54. The summed E-state index contributed by atoms with van der Waals surface area (Å²) in [7, 11) is 0. The fraction of sp³-hybridized carbons (Fsp3) is 0. The van der Waals surface area contributed by atoms with Crippen molar-refractivity contribution in [3.63, 3.8) is 0 Å².